The average molecular weight is 283 g/mol. The van der Waals surface area contributed by atoms with Crippen LogP contribution in [-0.2, 0) is 0 Å². The molecule has 0 unspecified atom stereocenters. The smallest absolute Gasteiger partial charge is 0.146 e. The van der Waals surface area contributed by atoms with Crippen LogP contribution in [0.1, 0.15) is 42.7 Å². The first-order valence-corrected chi connectivity index (χ1v) is 7.80. The van der Waals surface area contributed by atoms with Gasteiger partial charge in [0.25, 0.3) is 0 Å². The molecule has 0 saturated heterocycles. The van der Waals surface area contributed by atoms with E-state index in [0.29, 0.717) is 17.6 Å². The van der Waals surface area contributed by atoms with Crippen molar-refractivity contribution in [1.82, 2.24) is 0 Å². The average Bonchev–Trinajstić information content (AvgIpc) is 2.52. The van der Waals surface area contributed by atoms with Crippen molar-refractivity contribution >= 4 is 5.69 Å². The van der Waals surface area contributed by atoms with Gasteiger partial charge in [-0.25, -0.2) is 4.39 Å². The van der Waals surface area contributed by atoms with E-state index in [1.54, 1.807) is 6.07 Å². The Kier molecular flexibility index (Phi) is 4.23. The summed E-state index contributed by atoms with van der Waals surface area (Å²) in [5.41, 5.74) is 3.05. The van der Waals surface area contributed by atoms with Gasteiger partial charge in [0.15, 0.2) is 0 Å². The van der Waals surface area contributed by atoms with E-state index in [9.17, 15) is 4.39 Å². The number of rotatable bonds is 3. The highest BCUT2D eigenvalue weighted by atomic mass is 19.1. The number of hydrogen-bond donors (Lipinski definition) is 1. The van der Waals surface area contributed by atoms with Gasteiger partial charge >= 0.3 is 0 Å². The maximum atomic E-state index is 13.9. The molecule has 1 fully saturated rings. The predicted octanol–water partition coefficient (Wildman–Crippen LogP) is 5.27. The molecule has 1 nitrogen and oxygen atoms in total. The summed E-state index contributed by atoms with van der Waals surface area (Å²) in [6.45, 7) is 1.91. The molecule has 0 radical (unpaired) electrons. The lowest BCUT2D eigenvalue weighted by molar-refractivity contribution is 0.411. The van der Waals surface area contributed by atoms with Gasteiger partial charge in [0.05, 0.1) is 5.69 Å². The number of anilines is 1. The van der Waals surface area contributed by atoms with E-state index in [-0.39, 0.29) is 5.82 Å². The Hall–Kier alpha value is -1.83. The van der Waals surface area contributed by atoms with Crippen molar-refractivity contribution in [3.63, 3.8) is 0 Å². The molecule has 2 aromatic rings. The van der Waals surface area contributed by atoms with Crippen LogP contribution >= 0.6 is 0 Å². The van der Waals surface area contributed by atoms with E-state index < -0.39 is 0 Å². The normalized spacial score (nSPS) is 22.0. The molecular formula is C19H22FN. The minimum Gasteiger partial charge on any atom is -0.380 e. The standard InChI is InChI=1S/C19H22FN/c1-14-7-12-19(18(20)13-14)21-17-10-8-16(9-11-17)15-5-3-2-4-6-15/h2-7,12-13,16-17,21H,8-11H2,1H3. The molecule has 0 aliphatic heterocycles. The topological polar surface area (TPSA) is 12.0 Å². The number of benzene rings is 2. The van der Waals surface area contributed by atoms with E-state index in [4.69, 9.17) is 0 Å². The molecule has 2 aromatic carbocycles. The lowest BCUT2D eigenvalue weighted by Gasteiger charge is -2.30. The number of hydrogen-bond acceptors (Lipinski definition) is 1. The number of halogens is 1. The first-order chi connectivity index (χ1) is 10.2. The Morgan fingerprint density at radius 2 is 1.67 bits per heavy atom. The van der Waals surface area contributed by atoms with Gasteiger partial charge in [-0.05, 0) is 61.8 Å². The largest absolute Gasteiger partial charge is 0.380 e. The molecule has 1 N–H and O–H groups in total. The summed E-state index contributed by atoms with van der Waals surface area (Å²) in [6.07, 6.45) is 4.56. The van der Waals surface area contributed by atoms with Gasteiger partial charge in [0.1, 0.15) is 5.82 Å². The number of nitrogens with one attached hydrogen (secondary N) is 1. The van der Waals surface area contributed by atoms with Crippen LogP contribution in [0, 0.1) is 12.7 Å². The molecule has 0 heterocycles. The molecule has 0 aromatic heterocycles. The summed E-state index contributed by atoms with van der Waals surface area (Å²) >= 11 is 0. The third kappa shape index (κ3) is 3.44. The van der Waals surface area contributed by atoms with Crippen LogP contribution in [0.4, 0.5) is 10.1 Å². The van der Waals surface area contributed by atoms with Crippen LogP contribution < -0.4 is 5.32 Å². The van der Waals surface area contributed by atoms with Gasteiger partial charge in [-0.3, -0.25) is 0 Å². The second-order valence-electron chi connectivity index (χ2n) is 6.09. The Morgan fingerprint density at radius 1 is 0.952 bits per heavy atom. The van der Waals surface area contributed by atoms with Crippen molar-refractivity contribution in [3.05, 3.63) is 65.5 Å². The van der Waals surface area contributed by atoms with Crippen molar-refractivity contribution in [2.24, 2.45) is 0 Å². The second kappa shape index (κ2) is 6.30. The van der Waals surface area contributed by atoms with E-state index >= 15 is 0 Å². The van der Waals surface area contributed by atoms with Crippen molar-refractivity contribution in [1.29, 1.82) is 0 Å². The van der Waals surface area contributed by atoms with Gasteiger partial charge in [0.2, 0.25) is 0 Å². The van der Waals surface area contributed by atoms with Crippen LogP contribution in [0.2, 0.25) is 0 Å². The molecule has 0 spiro atoms. The quantitative estimate of drug-likeness (QED) is 0.809. The van der Waals surface area contributed by atoms with Gasteiger partial charge in [-0.15, -0.1) is 0 Å². The van der Waals surface area contributed by atoms with E-state index in [1.165, 1.54) is 18.4 Å². The fourth-order valence-corrected chi connectivity index (χ4v) is 3.25. The Balaban J connectivity index is 1.59. The second-order valence-corrected chi connectivity index (χ2v) is 6.09. The Labute approximate surface area is 126 Å². The molecule has 1 saturated carbocycles. The third-order valence-electron chi connectivity index (χ3n) is 4.48. The SMILES string of the molecule is Cc1ccc(NC2CCC(c3ccccc3)CC2)c(F)c1. The summed E-state index contributed by atoms with van der Waals surface area (Å²) in [6, 6.07) is 16.5. The van der Waals surface area contributed by atoms with Crippen molar-refractivity contribution in [2.75, 3.05) is 5.32 Å². The fourth-order valence-electron chi connectivity index (χ4n) is 3.25. The van der Waals surface area contributed by atoms with E-state index in [2.05, 4.69) is 35.6 Å². The highest BCUT2D eigenvalue weighted by Crippen LogP contribution is 2.34. The zero-order chi connectivity index (χ0) is 14.7. The highest BCUT2D eigenvalue weighted by molar-refractivity contribution is 5.47. The van der Waals surface area contributed by atoms with Crippen molar-refractivity contribution in [2.45, 2.75) is 44.6 Å². The summed E-state index contributed by atoms with van der Waals surface area (Å²) < 4.78 is 13.9. The summed E-state index contributed by atoms with van der Waals surface area (Å²) in [5.74, 6) is 0.521. The molecule has 1 aliphatic carbocycles. The molecule has 21 heavy (non-hydrogen) atoms. The van der Waals surface area contributed by atoms with Crippen LogP contribution in [0.15, 0.2) is 48.5 Å². The maximum Gasteiger partial charge on any atom is 0.146 e. The first kappa shape index (κ1) is 14.1. The lowest BCUT2D eigenvalue weighted by Crippen LogP contribution is -2.25. The van der Waals surface area contributed by atoms with Gasteiger partial charge in [-0.1, -0.05) is 36.4 Å². The summed E-state index contributed by atoms with van der Waals surface area (Å²) in [5, 5.41) is 3.37. The van der Waals surface area contributed by atoms with E-state index in [1.807, 2.05) is 19.1 Å². The van der Waals surface area contributed by atoms with Crippen molar-refractivity contribution < 1.29 is 4.39 Å². The van der Waals surface area contributed by atoms with Gasteiger partial charge < -0.3 is 5.32 Å². The summed E-state index contributed by atoms with van der Waals surface area (Å²) in [4.78, 5) is 0. The molecule has 2 heteroatoms. The summed E-state index contributed by atoms with van der Waals surface area (Å²) in [7, 11) is 0. The molecule has 1 aliphatic rings. The van der Waals surface area contributed by atoms with Crippen LogP contribution in [0.25, 0.3) is 0 Å². The minimum absolute atomic E-state index is 0.139. The van der Waals surface area contributed by atoms with Crippen LogP contribution in [-0.4, -0.2) is 6.04 Å². The third-order valence-corrected chi connectivity index (χ3v) is 4.48. The zero-order valence-corrected chi connectivity index (χ0v) is 12.5. The molecule has 0 atom stereocenters. The van der Waals surface area contributed by atoms with Crippen molar-refractivity contribution in [3.8, 4) is 0 Å². The van der Waals surface area contributed by atoms with Gasteiger partial charge in [0, 0.05) is 6.04 Å². The lowest BCUT2D eigenvalue weighted by atomic mass is 9.82. The zero-order valence-electron chi connectivity index (χ0n) is 12.5. The molecule has 3 rings (SSSR count). The molecule has 0 amide bonds. The van der Waals surface area contributed by atoms with E-state index in [0.717, 1.165) is 18.4 Å². The molecule has 0 bridgehead atoms. The monoisotopic (exact) mass is 283 g/mol. The predicted molar refractivity (Wildman–Crippen MR) is 86.2 cm³/mol. The first-order valence-electron chi connectivity index (χ1n) is 7.80. The van der Waals surface area contributed by atoms with Crippen LogP contribution in [0.3, 0.4) is 0 Å². The highest BCUT2D eigenvalue weighted by Gasteiger charge is 2.22. The fraction of sp³-hybridized carbons (Fsp3) is 0.368. The number of aryl methyl sites for hydroxylation is 1. The maximum absolute atomic E-state index is 13.9. The molecule has 110 valence electrons. The Morgan fingerprint density at radius 3 is 2.33 bits per heavy atom. The minimum atomic E-state index is -0.139. The van der Waals surface area contributed by atoms with Crippen LogP contribution in [0.5, 0.6) is 0 Å². The Bertz CT molecular complexity index is 586. The van der Waals surface area contributed by atoms with Gasteiger partial charge in [-0.2, -0.15) is 0 Å². The molecular weight excluding hydrogens is 261 g/mol.